The average molecular weight is 2160 g/mol. The quantitative estimate of drug-likeness (QED) is 0.0177. The smallest absolute Gasteiger partial charge is 0.229 e. The topological polar surface area (TPSA) is 406 Å². The molecular weight excluding hydrogens is 2030 g/mol. The fraction of sp³-hybridized carbons (Fsp3) is 0.360. The van der Waals surface area contributed by atoms with Crippen molar-refractivity contribution in [3.05, 3.63) is 215 Å². The molecule has 34 nitrogen and oxygen atoms in total. The second-order valence-electron chi connectivity index (χ2n) is 36.8. The molecule has 3 saturated heterocycles. The summed E-state index contributed by atoms with van der Waals surface area (Å²) in [5.41, 5.74) is 6.66. The zero-order valence-electron chi connectivity index (χ0n) is 83.5. The summed E-state index contributed by atoms with van der Waals surface area (Å²) in [4.78, 5) is 47.9. The highest BCUT2D eigenvalue weighted by Gasteiger charge is 2.35. The predicted molar refractivity (Wildman–Crippen MR) is 588 cm³/mol. The van der Waals surface area contributed by atoms with Gasteiger partial charge >= 0.3 is 0 Å². The van der Waals surface area contributed by atoms with Crippen molar-refractivity contribution in [2.75, 3.05) is 193 Å². The first-order valence-electron chi connectivity index (χ1n) is 46.7. The Labute approximate surface area is 864 Å². The van der Waals surface area contributed by atoms with Crippen LogP contribution in [0.4, 0.5) is 104 Å². The molecule has 1 aliphatic carbocycles. The normalized spacial score (nSPS) is 14.7. The number of hydrogen-bond acceptors (Lipinski definition) is 34. The molecule has 0 atom stereocenters. The van der Waals surface area contributed by atoms with Crippen molar-refractivity contribution in [3.8, 4) is 23.0 Å². The first kappa shape index (κ1) is 110. The molecule has 3 aliphatic heterocycles. The Kier molecular flexibility index (Phi) is 36.7. The number of ether oxygens (including phenoxy) is 4. The molecule has 0 bridgehead atoms. The van der Waals surface area contributed by atoms with E-state index in [-0.39, 0.29) is 70.7 Å². The standard InChI is InChI=1S/C32H45ClN7O4PS.C26H32ClN6O2P.C22H26ClN4O4PS.C20H21ClN4O3S/c1-22(2)46(42,43)30-20-25(45(5,6)41)8-10-28(30)35-31-26(33)21-34-32(37-31)36-27-9-7-24(19-29(27)44-4)39-13-11-23(12-14-39)40-17-15-38(3)16-18-40;1-35-23-16-19(33-14-12-32(13-15-33)18-8-9-18)10-11-21(23)30-26-28-17-20(27)25(31-26)29-22-6-4-5-7-24(22)36(2,3)34;1-14(2)33(29,30)20-9-7-6-8-17(20)25-21-16(23)13-24-22(27-21)26-18-12-15(32(4,5)28)10-11-19(18)31-3;1-13(2)29(26,27)18-11-7-5-9-16(18)23-19-14(21)12-22-20(25-19)24-15-8-4-6-10-17(15)28-3/h7-10,19-23H,11-18H2,1-6H3,(H2,34,35,36,37);4-7,10-11,16-18H,8-9,12-15H2,1-3H3,(H2,28,29,30,31);6-14H,1-5H3,(H2,24,25,26,27);4-13H,1-3H3,(H2,22,23,24,25). The predicted octanol–water partition coefficient (Wildman–Crippen LogP) is 20.3. The molecule has 7 heterocycles. The molecule has 0 amide bonds. The number of sulfone groups is 3. The number of halogens is 4. The van der Waals surface area contributed by atoms with Gasteiger partial charge in [0.15, 0.2) is 52.8 Å². The number of likely N-dealkylation sites (N-methyl/N-ethyl adjacent to an activating group) is 1. The summed E-state index contributed by atoms with van der Waals surface area (Å²) < 4.78 is 138. The Morgan fingerprint density at radius 3 is 1.05 bits per heavy atom. The van der Waals surface area contributed by atoms with Crippen molar-refractivity contribution in [1.29, 1.82) is 0 Å². The zero-order chi connectivity index (χ0) is 104. The Morgan fingerprint density at radius 2 is 0.646 bits per heavy atom. The fourth-order valence-electron chi connectivity index (χ4n) is 16.0. The molecule has 1 saturated carbocycles. The Hall–Kier alpha value is -11.1. The largest absolute Gasteiger partial charge is 0.495 e. The zero-order valence-corrected chi connectivity index (χ0v) is 91.6. The van der Waals surface area contributed by atoms with Gasteiger partial charge in [0, 0.05) is 117 Å². The number of nitrogens with zero attached hydrogens (tertiary/aromatic N) is 13. The molecule has 0 radical (unpaired) electrons. The number of piperidine rings is 1. The van der Waals surface area contributed by atoms with Gasteiger partial charge < -0.3 is 89.9 Å². The molecule has 0 unspecified atom stereocenters. The van der Waals surface area contributed by atoms with Crippen molar-refractivity contribution in [3.63, 3.8) is 0 Å². The van der Waals surface area contributed by atoms with E-state index in [1.165, 1.54) is 50.7 Å². The van der Waals surface area contributed by atoms with Crippen LogP contribution in [0.5, 0.6) is 23.0 Å². The summed E-state index contributed by atoms with van der Waals surface area (Å²) in [5, 5.41) is 26.1. The number of benzene rings is 8. The molecule has 12 aromatic rings. The number of anilines is 18. The molecule has 0 spiro atoms. The highest BCUT2D eigenvalue weighted by atomic mass is 35.5. The summed E-state index contributed by atoms with van der Waals surface area (Å²) >= 11 is 25.4. The molecule has 768 valence electrons. The van der Waals surface area contributed by atoms with E-state index >= 15 is 0 Å². The van der Waals surface area contributed by atoms with Gasteiger partial charge in [-0.2, -0.15) is 19.9 Å². The van der Waals surface area contributed by atoms with Crippen LogP contribution >= 0.6 is 67.8 Å². The van der Waals surface area contributed by atoms with Gasteiger partial charge in [0.05, 0.1) is 129 Å². The van der Waals surface area contributed by atoms with Gasteiger partial charge in [0.25, 0.3) is 0 Å². The van der Waals surface area contributed by atoms with Crippen LogP contribution in [0, 0.1) is 0 Å². The number of nitrogens with one attached hydrogen (secondary N) is 8. The van der Waals surface area contributed by atoms with Crippen LogP contribution in [-0.4, -0.2) is 249 Å². The van der Waals surface area contributed by atoms with Gasteiger partial charge in [-0.1, -0.05) is 94.9 Å². The van der Waals surface area contributed by atoms with E-state index in [1.54, 1.807) is 182 Å². The summed E-state index contributed by atoms with van der Waals surface area (Å²) in [5.74, 6) is 4.79. The van der Waals surface area contributed by atoms with E-state index in [0.717, 1.165) is 107 Å². The highest BCUT2D eigenvalue weighted by Crippen LogP contribution is 2.45. The number of aromatic nitrogens is 8. The van der Waals surface area contributed by atoms with Crippen LogP contribution < -0.4 is 87.2 Å². The summed E-state index contributed by atoms with van der Waals surface area (Å²) in [6, 6.07) is 51.6. The molecule has 16 rings (SSSR count). The summed E-state index contributed by atoms with van der Waals surface area (Å²) in [7, 11) is -9.87. The Bertz CT molecular complexity index is 7090. The van der Waals surface area contributed by atoms with Crippen LogP contribution in [0.1, 0.15) is 67.2 Å². The van der Waals surface area contributed by atoms with Crippen molar-refractivity contribution in [2.45, 2.75) is 110 Å². The maximum absolute atomic E-state index is 13.3. The molecule has 144 heavy (non-hydrogen) atoms. The van der Waals surface area contributed by atoms with Crippen molar-refractivity contribution in [2.24, 2.45) is 0 Å². The van der Waals surface area contributed by atoms with E-state index in [9.17, 15) is 38.9 Å². The molecular formula is C100H124Cl4N21O13P3S3. The molecule has 4 fully saturated rings. The lowest BCUT2D eigenvalue weighted by molar-refractivity contribution is 0.0982. The Morgan fingerprint density at radius 1 is 0.326 bits per heavy atom. The maximum atomic E-state index is 13.3. The van der Waals surface area contributed by atoms with E-state index in [2.05, 4.69) is 132 Å². The lowest BCUT2D eigenvalue weighted by atomic mass is 10.0. The van der Waals surface area contributed by atoms with E-state index < -0.39 is 66.7 Å². The minimum atomic E-state index is -3.73. The van der Waals surface area contributed by atoms with Crippen molar-refractivity contribution in [1.82, 2.24) is 54.6 Å². The molecule has 4 aromatic heterocycles. The van der Waals surface area contributed by atoms with Gasteiger partial charge in [0.2, 0.25) is 23.8 Å². The van der Waals surface area contributed by atoms with Crippen LogP contribution in [-0.2, 0) is 43.2 Å². The van der Waals surface area contributed by atoms with Gasteiger partial charge in [-0.25, -0.2) is 45.2 Å². The third-order valence-corrected chi connectivity index (χ3v) is 36.8. The summed E-state index contributed by atoms with van der Waals surface area (Å²) in [6.07, 6.45) is 10.8. The Balaban J connectivity index is 0.000000163. The SMILES string of the molecule is COc1cc(N2CCC(N3CCN(C)CC3)CC2)ccc1Nc1ncc(Cl)c(Nc2ccc(P(C)(C)=O)cc2S(=O)(=O)C(C)C)n1.COc1cc(N2CCN(C3CC3)CC2)ccc1Nc1ncc(Cl)c(Nc2ccccc2P(C)(C)=O)n1.COc1ccc(P(C)(C)=O)cc1Nc1ncc(Cl)c(Nc2ccccc2S(=O)(=O)C(C)C)n1.COc1ccccc1Nc1ncc(Cl)c(Nc2ccccc2S(=O)(=O)C(C)C)n1. The van der Waals surface area contributed by atoms with Crippen LogP contribution in [0.25, 0.3) is 0 Å². The number of methoxy groups -OCH3 is 4. The molecule has 4 aliphatic rings. The van der Waals surface area contributed by atoms with Crippen molar-refractivity contribution >= 4 is 217 Å². The van der Waals surface area contributed by atoms with Gasteiger partial charge in [0.1, 0.15) is 64.5 Å². The van der Waals surface area contributed by atoms with Crippen molar-refractivity contribution < 1.29 is 57.9 Å². The second-order valence-corrected chi connectivity index (χ2v) is 55.4. The number of piperazine rings is 2. The molecule has 8 N–H and O–H groups in total. The first-order chi connectivity index (χ1) is 68.3. The second kappa shape index (κ2) is 48.0. The highest BCUT2D eigenvalue weighted by molar-refractivity contribution is 7.92. The maximum Gasteiger partial charge on any atom is 0.229 e. The minimum Gasteiger partial charge on any atom is -0.495 e. The monoisotopic (exact) mass is 2160 g/mol. The fourth-order valence-corrected chi connectivity index (χ4v) is 23.2. The third-order valence-electron chi connectivity index (χ3n) is 24.5. The van der Waals surface area contributed by atoms with Gasteiger partial charge in [-0.15, -0.1) is 0 Å². The van der Waals surface area contributed by atoms with E-state index in [4.69, 9.17) is 65.4 Å². The van der Waals surface area contributed by atoms with Crippen LogP contribution in [0.3, 0.4) is 0 Å². The van der Waals surface area contributed by atoms with Crippen LogP contribution in [0.2, 0.25) is 20.1 Å². The number of hydrogen-bond donors (Lipinski definition) is 8. The lowest BCUT2D eigenvalue weighted by Gasteiger charge is -2.42. The minimum absolute atomic E-state index is 0.0398. The number of rotatable bonds is 33. The summed E-state index contributed by atoms with van der Waals surface area (Å²) in [6.45, 7) is 30.6. The third kappa shape index (κ3) is 28.2. The van der Waals surface area contributed by atoms with Crippen LogP contribution in [0.15, 0.2) is 209 Å². The van der Waals surface area contributed by atoms with E-state index in [1.807, 2.05) is 66.7 Å². The first-order valence-corrected chi connectivity index (χ1v) is 60.7. The lowest BCUT2D eigenvalue weighted by Crippen LogP contribution is -2.52. The molecule has 8 aromatic carbocycles. The van der Waals surface area contributed by atoms with Gasteiger partial charge in [-0.3, -0.25) is 9.80 Å². The van der Waals surface area contributed by atoms with E-state index in [0.29, 0.717) is 90.6 Å². The van der Waals surface area contributed by atoms with Gasteiger partial charge in [-0.05, 0) is 223 Å². The average Bonchev–Trinajstić information content (AvgIpc) is 1.32. The molecule has 44 heteroatoms. The number of para-hydroxylation sites is 5.